The monoisotopic (exact) mass is 239 g/mol. The molecule has 2 N–H and O–H groups in total. The quantitative estimate of drug-likeness (QED) is 0.798. The Morgan fingerprint density at radius 2 is 2.24 bits per heavy atom. The highest BCUT2D eigenvalue weighted by molar-refractivity contribution is 5.81. The Bertz CT molecular complexity index is 465. The van der Waals surface area contributed by atoms with Gasteiger partial charge in [0.2, 0.25) is 0 Å². The molecule has 0 spiro atoms. The van der Waals surface area contributed by atoms with Crippen LogP contribution in [0.15, 0.2) is 17.2 Å². The first kappa shape index (κ1) is 13.2. The molecular formula is C11H17N3O3. The van der Waals surface area contributed by atoms with Crippen LogP contribution >= 0.6 is 0 Å². The Morgan fingerprint density at radius 1 is 1.59 bits per heavy atom. The van der Waals surface area contributed by atoms with Crippen molar-refractivity contribution in [3.63, 3.8) is 0 Å². The number of anilines is 1. The molecule has 0 unspecified atom stereocenters. The number of carboxylic acids is 1. The van der Waals surface area contributed by atoms with E-state index in [4.69, 9.17) is 5.11 Å². The van der Waals surface area contributed by atoms with Crippen molar-refractivity contribution in [2.75, 3.05) is 5.32 Å². The highest BCUT2D eigenvalue weighted by atomic mass is 16.4. The second kappa shape index (κ2) is 4.99. The van der Waals surface area contributed by atoms with Crippen LogP contribution in [-0.2, 0) is 11.3 Å². The molecule has 0 atom stereocenters. The molecule has 0 saturated heterocycles. The van der Waals surface area contributed by atoms with Crippen LogP contribution in [0.4, 0.5) is 5.82 Å². The lowest BCUT2D eigenvalue weighted by Gasteiger charge is -2.21. The number of hydrogen-bond acceptors (Lipinski definition) is 4. The Kier molecular flexibility index (Phi) is 3.88. The lowest BCUT2D eigenvalue weighted by molar-refractivity contribution is -0.141. The minimum atomic E-state index is -1.22. The van der Waals surface area contributed by atoms with E-state index in [0.717, 1.165) is 6.42 Å². The molecule has 1 aromatic heterocycles. The molecule has 0 fully saturated rings. The van der Waals surface area contributed by atoms with Crippen molar-refractivity contribution < 1.29 is 9.90 Å². The van der Waals surface area contributed by atoms with Crippen molar-refractivity contribution in [1.29, 1.82) is 0 Å². The summed E-state index contributed by atoms with van der Waals surface area (Å²) in [6.45, 7) is 5.51. The van der Waals surface area contributed by atoms with Crippen molar-refractivity contribution in [1.82, 2.24) is 9.55 Å². The van der Waals surface area contributed by atoms with Crippen molar-refractivity contribution >= 4 is 11.8 Å². The molecule has 0 radical (unpaired) electrons. The molecule has 1 aromatic rings. The minimum Gasteiger partial charge on any atom is -0.480 e. The fourth-order valence-electron chi connectivity index (χ4n) is 1.30. The number of carboxylic acid groups (broad SMARTS) is 1. The van der Waals surface area contributed by atoms with E-state index in [1.165, 1.54) is 24.6 Å². The summed E-state index contributed by atoms with van der Waals surface area (Å²) in [5.41, 5.74) is -1.53. The first-order valence-corrected chi connectivity index (χ1v) is 5.45. The Hall–Kier alpha value is -1.85. The first-order chi connectivity index (χ1) is 7.88. The molecule has 94 valence electrons. The molecule has 0 saturated carbocycles. The predicted octanol–water partition coefficient (Wildman–Crippen LogP) is 0.928. The molecule has 0 aliphatic rings. The zero-order valence-electron chi connectivity index (χ0n) is 10.2. The van der Waals surface area contributed by atoms with E-state index in [1.54, 1.807) is 6.20 Å². The van der Waals surface area contributed by atoms with Crippen molar-refractivity contribution in [3.8, 4) is 0 Å². The molecule has 0 bridgehead atoms. The van der Waals surface area contributed by atoms with Gasteiger partial charge in [0, 0.05) is 18.9 Å². The van der Waals surface area contributed by atoms with E-state index in [9.17, 15) is 9.59 Å². The largest absolute Gasteiger partial charge is 0.480 e. The van der Waals surface area contributed by atoms with Gasteiger partial charge in [-0.3, -0.25) is 4.79 Å². The molecule has 0 aliphatic heterocycles. The molecule has 1 rings (SSSR count). The summed E-state index contributed by atoms with van der Waals surface area (Å²) in [5, 5.41) is 11.6. The summed E-state index contributed by atoms with van der Waals surface area (Å²) in [4.78, 5) is 26.7. The maximum absolute atomic E-state index is 11.9. The number of aromatic nitrogens is 2. The molecule has 0 amide bonds. The number of carbonyl (C=O) groups is 1. The van der Waals surface area contributed by atoms with Crippen LogP contribution < -0.4 is 10.9 Å². The van der Waals surface area contributed by atoms with Crippen LogP contribution in [0.25, 0.3) is 0 Å². The van der Waals surface area contributed by atoms with Gasteiger partial charge in [-0.15, -0.1) is 0 Å². The molecule has 1 heterocycles. The molecule has 17 heavy (non-hydrogen) atoms. The number of rotatable bonds is 5. The van der Waals surface area contributed by atoms with Crippen LogP contribution in [0.2, 0.25) is 0 Å². The average Bonchev–Trinajstić information content (AvgIpc) is 2.24. The van der Waals surface area contributed by atoms with Gasteiger partial charge in [-0.2, -0.15) is 0 Å². The van der Waals surface area contributed by atoms with E-state index in [-0.39, 0.29) is 11.4 Å². The second-order valence-corrected chi connectivity index (χ2v) is 4.33. The highest BCUT2D eigenvalue weighted by Crippen LogP contribution is 2.09. The SMILES string of the molecule is CCCn1ccnc(NC(C)(C)C(=O)O)c1=O. The second-order valence-electron chi connectivity index (χ2n) is 4.33. The maximum atomic E-state index is 11.9. The van der Waals surface area contributed by atoms with E-state index in [1.807, 2.05) is 6.92 Å². The average molecular weight is 239 g/mol. The normalized spacial score (nSPS) is 11.2. The van der Waals surface area contributed by atoms with Crippen molar-refractivity contribution in [2.45, 2.75) is 39.3 Å². The topological polar surface area (TPSA) is 84.2 Å². The van der Waals surface area contributed by atoms with Gasteiger partial charge in [0.15, 0.2) is 5.82 Å². The van der Waals surface area contributed by atoms with Gasteiger partial charge >= 0.3 is 5.97 Å². The molecule has 0 aromatic carbocycles. The summed E-state index contributed by atoms with van der Waals surface area (Å²) < 4.78 is 1.51. The minimum absolute atomic E-state index is 0.0633. The van der Waals surface area contributed by atoms with Gasteiger partial charge in [0.1, 0.15) is 5.54 Å². The number of nitrogens with zero attached hydrogens (tertiary/aromatic N) is 2. The van der Waals surface area contributed by atoms with E-state index in [0.29, 0.717) is 6.54 Å². The smallest absolute Gasteiger partial charge is 0.328 e. The van der Waals surface area contributed by atoms with Crippen LogP contribution in [0.1, 0.15) is 27.2 Å². The highest BCUT2D eigenvalue weighted by Gasteiger charge is 2.28. The Balaban J connectivity index is 3.04. The number of aliphatic carboxylic acids is 1. The van der Waals surface area contributed by atoms with Crippen LogP contribution in [0.5, 0.6) is 0 Å². The number of nitrogens with one attached hydrogen (secondary N) is 1. The van der Waals surface area contributed by atoms with E-state index in [2.05, 4.69) is 10.3 Å². The standard InChI is InChI=1S/C11H17N3O3/c1-4-6-14-7-5-12-8(9(14)15)13-11(2,3)10(16)17/h5,7H,4,6H2,1-3H3,(H,12,13)(H,16,17). The summed E-state index contributed by atoms with van der Waals surface area (Å²) in [7, 11) is 0. The lowest BCUT2D eigenvalue weighted by Crippen LogP contribution is -2.42. The van der Waals surface area contributed by atoms with Gasteiger partial charge in [-0.1, -0.05) is 6.92 Å². The van der Waals surface area contributed by atoms with Gasteiger partial charge in [0.25, 0.3) is 5.56 Å². The van der Waals surface area contributed by atoms with Crippen molar-refractivity contribution in [3.05, 3.63) is 22.7 Å². The summed E-state index contributed by atoms with van der Waals surface area (Å²) in [6, 6.07) is 0. The Labute approximate surface area is 99.3 Å². The predicted molar refractivity (Wildman–Crippen MR) is 64.1 cm³/mol. The van der Waals surface area contributed by atoms with E-state index < -0.39 is 11.5 Å². The summed E-state index contributed by atoms with van der Waals surface area (Å²) >= 11 is 0. The fraction of sp³-hybridized carbons (Fsp3) is 0.545. The third-order valence-electron chi connectivity index (χ3n) is 2.34. The van der Waals surface area contributed by atoms with E-state index >= 15 is 0 Å². The fourth-order valence-corrected chi connectivity index (χ4v) is 1.30. The van der Waals surface area contributed by atoms with Crippen molar-refractivity contribution in [2.24, 2.45) is 0 Å². The third-order valence-corrected chi connectivity index (χ3v) is 2.34. The summed E-state index contributed by atoms with van der Waals surface area (Å²) in [6.07, 6.45) is 3.90. The number of hydrogen-bond donors (Lipinski definition) is 2. The maximum Gasteiger partial charge on any atom is 0.328 e. The molecule has 0 aliphatic carbocycles. The van der Waals surface area contributed by atoms with Gasteiger partial charge in [-0.05, 0) is 20.3 Å². The van der Waals surface area contributed by atoms with Crippen LogP contribution in [-0.4, -0.2) is 26.2 Å². The zero-order valence-corrected chi connectivity index (χ0v) is 10.2. The third kappa shape index (κ3) is 3.05. The summed E-state index contributed by atoms with van der Waals surface area (Å²) in [5.74, 6) is -0.974. The molecule has 6 heteroatoms. The van der Waals surface area contributed by atoms with Gasteiger partial charge in [0.05, 0.1) is 0 Å². The van der Waals surface area contributed by atoms with Crippen LogP contribution in [0.3, 0.4) is 0 Å². The Morgan fingerprint density at radius 3 is 2.76 bits per heavy atom. The molecule has 6 nitrogen and oxygen atoms in total. The van der Waals surface area contributed by atoms with Crippen LogP contribution in [0, 0.1) is 0 Å². The first-order valence-electron chi connectivity index (χ1n) is 5.45. The lowest BCUT2D eigenvalue weighted by atomic mass is 10.1. The zero-order chi connectivity index (χ0) is 13.1. The molecular weight excluding hydrogens is 222 g/mol. The van der Waals surface area contributed by atoms with Gasteiger partial charge in [-0.25, -0.2) is 9.78 Å². The number of aryl methyl sites for hydroxylation is 1. The van der Waals surface area contributed by atoms with Gasteiger partial charge < -0.3 is 15.0 Å².